The van der Waals surface area contributed by atoms with E-state index in [1.54, 1.807) is 0 Å². The van der Waals surface area contributed by atoms with Crippen LogP contribution in [0.2, 0.25) is 0 Å². The molecule has 0 aromatic heterocycles. The molecule has 4 heteroatoms. The van der Waals surface area contributed by atoms with Gasteiger partial charge < -0.3 is 14.8 Å². The normalized spacial score (nSPS) is 19.8. The molecule has 1 heterocycles. The lowest BCUT2D eigenvalue weighted by Gasteiger charge is -2.29. The standard InChI is InChI=1S/C22H28FNO2/c1-17(19-7-3-2-4-8-19)24-16-21(26-22-9-5-6-14-25-22)15-18-10-12-20(23)13-11-18/h2-4,7-8,10-13,17,21-22,24H,5-6,9,14-16H2,1H3/t17-,21-,22?/m1/s1. The molecule has 26 heavy (non-hydrogen) atoms. The van der Waals surface area contributed by atoms with Crippen LogP contribution in [0.5, 0.6) is 0 Å². The van der Waals surface area contributed by atoms with Gasteiger partial charge in [0.1, 0.15) is 5.82 Å². The fourth-order valence-electron chi connectivity index (χ4n) is 3.25. The highest BCUT2D eigenvalue weighted by atomic mass is 19.1. The van der Waals surface area contributed by atoms with E-state index < -0.39 is 0 Å². The Morgan fingerprint density at radius 3 is 2.58 bits per heavy atom. The van der Waals surface area contributed by atoms with E-state index in [2.05, 4.69) is 36.5 Å². The molecular formula is C22H28FNO2. The summed E-state index contributed by atoms with van der Waals surface area (Å²) in [5.74, 6) is -0.211. The lowest BCUT2D eigenvalue weighted by Crippen LogP contribution is -2.37. The molecule has 2 aromatic rings. The van der Waals surface area contributed by atoms with Crippen molar-refractivity contribution in [2.45, 2.75) is 51.0 Å². The minimum absolute atomic E-state index is 0.0188. The molecule has 0 spiro atoms. The molecule has 2 aromatic carbocycles. The van der Waals surface area contributed by atoms with Crippen LogP contribution in [0.3, 0.4) is 0 Å². The van der Waals surface area contributed by atoms with E-state index >= 15 is 0 Å². The highest BCUT2D eigenvalue weighted by molar-refractivity contribution is 5.19. The third-order valence-electron chi connectivity index (χ3n) is 4.81. The molecule has 0 radical (unpaired) electrons. The van der Waals surface area contributed by atoms with Crippen LogP contribution in [0.1, 0.15) is 43.4 Å². The first kappa shape index (κ1) is 19.0. The van der Waals surface area contributed by atoms with Gasteiger partial charge in [0.2, 0.25) is 0 Å². The van der Waals surface area contributed by atoms with Crippen molar-refractivity contribution in [1.82, 2.24) is 5.32 Å². The van der Waals surface area contributed by atoms with Gasteiger partial charge in [0.15, 0.2) is 6.29 Å². The lowest BCUT2D eigenvalue weighted by molar-refractivity contribution is -0.187. The average Bonchev–Trinajstić information content (AvgIpc) is 2.69. The second-order valence-electron chi connectivity index (χ2n) is 6.93. The first-order chi connectivity index (χ1) is 12.7. The Bertz CT molecular complexity index is 641. The van der Waals surface area contributed by atoms with Gasteiger partial charge in [0.05, 0.1) is 6.10 Å². The molecular weight excluding hydrogens is 329 g/mol. The smallest absolute Gasteiger partial charge is 0.158 e. The van der Waals surface area contributed by atoms with Crippen LogP contribution in [-0.4, -0.2) is 25.5 Å². The monoisotopic (exact) mass is 357 g/mol. The van der Waals surface area contributed by atoms with Gasteiger partial charge in [-0.25, -0.2) is 4.39 Å². The molecule has 1 aliphatic heterocycles. The van der Waals surface area contributed by atoms with Gasteiger partial charge >= 0.3 is 0 Å². The van der Waals surface area contributed by atoms with E-state index in [1.807, 2.05) is 18.2 Å². The summed E-state index contributed by atoms with van der Waals surface area (Å²) in [7, 11) is 0. The predicted octanol–water partition coefficient (Wildman–Crippen LogP) is 4.63. The van der Waals surface area contributed by atoms with Crippen molar-refractivity contribution in [3.8, 4) is 0 Å². The van der Waals surface area contributed by atoms with Crippen molar-refractivity contribution < 1.29 is 13.9 Å². The maximum absolute atomic E-state index is 13.2. The third-order valence-corrected chi connectivity index (χ3v) is 4.81. The third kappa shape index (κ3) is 5.90. The first-order valence-electron chi connectivity index (χ1n) is 9.50. The Kier molecular flexibility index (Phi) is 7.18. The number of nitrogens with one attached hydrogen (secondary N) is 1. The first-order valence-corrected chi connectivity index (χ1v) is 9.50. The van der Waals surface area contributed by atoms with Crippen molar-refractivity contribution in [1.29, 1.82) is 0 Å². The number of hydrogen-bond donors (Lipinski definition) is 1. The van der Waals surface area contributed by atoms with Crippen LogP contribution in [0.15, 0.2) is 54.6 Å². The number of ether oxygens (including phenoxy) is 2. The van der Waals surface area contributed by atoms with E-state index in [0.29, 0.717) is 6.54 Å². The molecule has 0 aliphatic carbocycles. The van der Waals surface area contributed by atoms with Gasteiger partial charge in [-0.3, -0.25) is 0 Å². The fourth-order valence-corrected chi connectivity index (χ4v) is 3.25. The molecule has 3 nitrogen and oxygen atoms in total. The Balaban J connectivity index is 1.60. The Morgan fingerprint density at radius 1 is 1.12 bits per heavy atom. The molecule has 3 rings (SSSR count). The summed E-state index contributed by atoms with van der Waals surface area (Å²) in [6.45, 7) is 3.64. The van der Waals surface area contributed by atoms with Crippen molar-refractivity contribution >= 4 is 0 Å². The molecule has 3 atom stereocenters. The Labute approximate surface area is 155 Å². The Hall–Kier alpha value is -1.75. The summed E-state index contributed by atoms with van der Waals surface area (Å²) < 4.78 is 25.2. The average molecular weight is 357 g/mol. The number of rotatable bonds is 8. The van der Waals surface area contributed by atoms with Gasteiger partial charge in [-0.15, -0.1) is 0 Å². The maximum Gasteiger partial charge on any atom is 0.158 e. The van der Waals surface area contributed by atoms with E-state index in [0.717, 1.165) is 37.9 Å². The zero-order valence-corrected chi connectivity index (χ0v) is 15.4. The minimum Gasteiger partial charge on any atom is -0.353 e. The second-order valence-corrected chi connectivity index (χ2v) is 6.93. The van der Waals surface area contributed by atoms with Gasteiger partial charge in [0.25, 0.3) is 0 Å². The fraction of sp³-hybridized carbons (Fsp3) is 0.455. The second kappa shape index (κ2) is 9.81. The number of benzene rings is 2. The van der Waals surface area contributed by atoms with Crippen LogP contribution < -0.4 is 5.32 Å². The maximum atomic E-state index is 13.2. The van der Waals surface area contributed by atoms with Crippen LogP contribution >= 0.6 is 0 Å². The number of hydrogen-bond acceptors (Lipinski definition) is 3. The number of halogens is 1. The van der Waals surface area contributed by atoms with Gasteiger partial charge in [-0.05, 0) is 55.9 Å². The van der Waals surface area contributed by atoms with Crippen molar-refractivity contribution in [2.75, 3.05) is 13.2 Å². The molecule has 0 amide bonds. The molecule has 1 fully saturated rings. The predicted molar refractivity (Wildman–Crippen MR) is 101 cm³/mol. The molecule has 0 saturated carbocycles. The highest BCUT2D eigenvalue weighted by Crippen LogP contribution is 2.18. The topological polar surface area (TPSA) is 30.5 Å². The van der Waals surface area contributed by atoms with E-state index in [9.17, 15) is 4.39 Å². The zero-order valence-electron chi connectivity index (χ0n) is 15.4. The van der Waals surface area contributed by atoms with E-state index in [-0.39, 0.29) is 24.3 Å². The van der Waals surface area contributed by atoms with Crippen molar-refractivity contribution in [2.24, 2.45) is 0 Å². The summed E-state index contributed by atoms with van der Waals surface area (Å²) in [6, 6.07) is 17.3. The molecule has 0 bridgehead atoms. The van der Waals surface area contributed by atoms with E-state index in [1.165, 1.54) is 17.7 Å². The van der Waals surface area contributed by atoms with Crippen LogP contribution in [0.4, 0.5) is 4.39 Å². The van der Waals surface area contributed by atoms with Crippen LogP contribution in [0.25, 0.3) is 0 Å². The van der Waals surface area contributed by atoms with Crippen molar-refractivity contribution in [3.63, 3.8) is 0 Å². The molecule has 1 unspecified atom stereocenters. The van der Waals surface area contributed by atoms with E-state index in [4.69, 9.17) is 9.47 Å². The molecule has 1 N–H and O–H groups in total. The van der Waals surface area contributed by atoms with Crippen molar-refractivity contribution in [3.05, 3.63) is 71.5 Å². The Morgan fingerprint density at radius 2 is 1.88 bits per heavy atom. The minimum atomic E-state index is -0.211. The summed E-state index contributed by atoms with van der Waals surface area (Å²) in [4.78, 5) is 0. The SMILES string of the molecule is C[C@@H](NC[C@@H](Cc1ccc(F)cc1)OC1CCCCO1)c1ccccc1. The zero-order chi connectivity index (χ0) is 18.2. The van der Waals surface area contributed by atoms with Gasteiger partial charge in [-0.1, -0.05) is 42.5 Å². The van der Waals surface area contributed by atoms with Gasteiger partial charge in [-0.2, -0.15) is 0 Å². The summed E-state index contributed by atoms with van der Waals surface area (Å²) in [5.41, 5.74) is 2.32. The largest absolute Gasteiger partial charge is 0.353 e. The quantitative estimate of drug-likeness (QED) is 0.747. The summed E-state index contributed by atoms with van der Waals surface area (Å²) in [5, 5.41) is 3.57. The summed E-state index contributed by atoms with van der Waals surface area (Å²) >= 11 is 0. The summed E-state index contributed by atoms with van der Waals surface area (Å²) in [6.07, 6.45) is 3.76. The molecule has 1 aliphatic rings. The molecule has 140 valence electrons. The van der Waals surface area contributed by atoms with Gasteiger partial charge in [0, 0.05) is 19.2 Å². The van der Waals surface area contributed by atoms with Crippen LogP contribution in [0, 0.1) is 5.82 Å². The highest BCUT2D eigenvalue weighted by Gasteiger charge is 2.21. The lowest BCUT2D eigenvalue weighted by atomic mass is 10.1. The molecule has 1 saturated heterocycles. The van der Waals surface area contributed by atoms with Crippen LogP contribution in [-0.2, 0) is 15.9 Å².